The summed E-state index contributed by atoms with van der Waals surface area (Å²) in [7, 11) is 0. The molecule has 1 aromatic carbocycles. The van der Waals surface area contributed by atoms with E-state index in [1.165, 1.54) is 26.8 Å². The van der Waals surface area contributed by atoms with Crippen molar-refractivity contribution in [1.82, 2.24) is 0 Å². The highest BCUT2D eigenvalue weighted by Gasteiger charge is 2.63. The number of esters is 4. The van der Waals surface area contributed by atoms with Crippen LogP contribution >= 0.6 is 0 Å². The van der Waals surface area contributed by atoms with E-state index in [-0.39, 0.29) is 0 Å². The lowest BCUT2D eigenvalue weighted by molar-refractivity contribution is -0.198. The third-order valence-corrected chi connectivity index (χ3v) is 9.80. The smallest absolute Gasteiger partial charge is 0.331 e. The molecule has 238 valence electrons. The fourth-order valence-electron chi connectivity index (χ4n) is 7.90. The van der Waals surface area contributed by atoms with Crippen LogP contribution in [-0.2, 0) is 38.1 Å². The van der Waals surface area contributed by atoms with Gasteiger partial charge in [0.2, 0.25) is 0 Å². The summed E-state index contributed by atoms with van der Waals surface area (Å²) in [6, 6.07) is 9.36. The van der Waals surface area contributed by atoms with Gasteiger partial charge in [-0.05, 0) is 60.0 Å². The highest BCUT2D eigenvalue weighted by atomic mass is 16.6. The van der Waals surface area contributed by atoms with Crippen molar-refractivity contribution in [3.8, 4) is 0 Å². The minimum Gasteiger partial charge on any atom is -0.462 e. The second kappa shape index (κ2) is 12.7. The Balaban J connectivity index is 1.83. The first kappa shape index (κ1) is 33.2. The van der Waals surface area contributed by atoms with Gasteiger partial charge in [0.1, 0.15) is 30.5 Å². The Kier molecular flexibility index (Phi) is 9.59. The standard InChI is InChI=1S/C35H44O9/c1-19-26(44-28(39)15-14-24-12-10-9-11-13-24)16-17-35(8)30(19)32(42-22(4)37)25-18-27(41-21(3)36)20(2)29(34(25,6)7)31(40)33(35)43-23(5)38/h9-15,25-27,30-33,40H,1,16-18H2,2-8H3. The van der Waals surface area contributed by atoms with Gasteiger partial charge in [-0.25, -0.2) is 4.79 Å². The molecule has 8 unspecified atom stereocenters. The minimum atomic E-state index is -1.25. The average Bonchev–Trinajstić information content (AvgIpc) is 2.92. The zero-order chi connectivity index (χ0) is 32.6. The number of aliphatic hydroxyl groups is 1. The van der Waals surface area contributed by atoms with Crippen LogP contribution in [0.3, 0.4) is 0 Å². The number of carbonyl (C=O) groups excluding carboxylic acids is 4. The molecule has 44 heavy (non-hydrogen) atoms. The van der Waals surface area contributed by atoms with E-state index in [1.807, 2.05) is 58.0 Å². The molecule has 2 saturated carbocycles. The molecule has 1 N–H and O–H groups in total. The fraction of sp³-hybridized carbons (Fsp3) is 0.543. The monoisotopic (exact) mass is 608 g/mol. The van der Waals surface area contributed by atoms with Crippen molar-refractivity contribution in [2.75, 3.05) is 0 Å². The summed E-state index contributed by atoms with van der Waals surface area (Å²) in [5.74, 6) is -3.25. The number of ether oxygens (including phenoxy) is 4. The molecule has 2 bridgehead atoms. The van der Waals surface area contributed by atoms with Gasteiger partial charge in [-0.3, -0.25) is 14.4 Å². The SMILES string of the molecule is C=C1C(OC(=O)C=Cc2ccccc2)CCC2(C)C(OC(C)=O)C(O)C3=C(C)C(OC(C)=O)CC(C(OC(C)=O)C12)C3(C)C. The van der Waals surface area contributed by atoms with E-state index in [9.17, 15) is 24.3 Å². The number of hydrogen-bond acceptors (Lipinski definition) is 9. The molecule has 0 spiro atoms. The van der Waals surface area contributed by atoms with E-state index in [0.717, 1.165) is 5.56 Å². The van der Waals surface area contributed by atoms with Crippen LogP contribution in [0.2, 0.25) is 0 Å². The Morgan fingerprint density at radius 1 is 0.909 bits per heavy atom. The molecule has 3 aliphatic rings. The Morgan fingerprint density at radius 2 is 1.52 bits per heavy atom. The maximum atomic E-state index is 13.0. The van der Waals surface area contributed by atoms with E-state index in [2.05, 4.69) is 6.58 Å². The first-order chi connectivity index (χ1) is 20.6. The molecule has 0 saturated heterocycles. The fourth-order valence-corrected chi connectivity index (χ4v) is 7.90. The zero-order valence-electron chi connectivity index (χ0n) is 26.6. The van der Waals surface area contributed by atoms with E-state index < -0.39 is 77.1 Å². The Hall–Kier alpha value is -3.72. The van der Waals surface area contributed by atoms with E-state index in [0.29, 0.717) is 36.0 Å². The Labute approximate surface area is 259 Å². The predicted octanol–water partition coefficient (Wildman–Crippen LogP) is 5.12. The summed E-state index contributed by atoms with van der Waals surface area (Å²) in [6.07, 6.45) is -0.465. The molecule has 0 heterocycles. The third kappa shape index (κ3) is 6.39. The van der Waals surface area contributed by atoms with Crippen LogP contribution < -0.4 is 0 Å². The number of hydrogen-bond donors (Lipinski definition) is 1. The maximum Gasteiger partial charge on any atom is 0.331 e. The van der Waals surface area contributed by atoms with Crippen molar-refractivity contribution >= 4 is 30.0 Å². The highest BCUT2D eigenvalue weighted by Crippen LogP contribution is 2.60. The predicted molar refractivity (Wildman–Crippen MR) is 163 cm³/mol. The first-order valence-electron chi connectivity index (χ1n) is 15.1. The van der Waals surface area contributed by atoms with Gasteiger partial charge in [-0.2, -0.15) is 0 Å². The van der Waals surface area contributed by atoms with E-state index in [1.54, 1.807) is 6.08 Å². The second-order valence-corrected chi connectivity index (χ2v) is 13.1. The molecule has 0 aromatic heterocycles. The highest BCUT2D eigenvalue weighted by molar-refractivity contribution is 5.87. The molecule has 9 heteroatoms. The molecule has 0 radical (unpaired) electrons. The summed E-state index contributed by atoms with van der Waals surface area (Å²) in [6.45, 7) is 15.9. The molecule has 4 rings (SSSR count). The van der Waals surface area contributed by atoms with Crippen LogP contribution in [0.15, 0.2) is 59.7 Å². The Morgan fingerprint density at radius 3 is 2.11 bits per heavy atom. The lowest BCUT2D eigenvalue weighted by Crippen LogP contribution is -2.63. The summed E-state index contributed by atoms with van der Waals surface area (Å²) < 4.78 is 23.7. The van der Waals surface area contributed by atoms with Crippen LogP contribution in [0.4, 0.5) is 0 Å². The molecular weight excluding hydrogens is 564 g/mol. The lowest BCUT2D eigenvalue weighted by Gasteiger charge is -2.59. The van der Waals surface area contributed by atoms with Crippen molar-refractivity contribution in [2.45, 2.75) is 98.2 Å². The molecule has 0 amide bonds. The van der Waals surface area contributed by atoms with Gasteiger partial charge in [0, 0.05) is 44.1 Å². The van der Waals surface area contributed by atoms with Gasteiger partial charge in [0.25, 0.3) is 0 Å². The molecular formula is C35H44O9. The van der Waals surface area contributed by atoms with Crippen LogP contribution in [0.25, 0.3) is 6.08 Å². The van der Waals surface area contributed by atoms with Crippen LogP contribution in [0, 0.1) is 22.7 Å². The van der Waals surface area contributed by atoms with Crippen molar-refractivity contribution < 1.29 is 43.2 Å². The third-order valence-electron chi connectivity index (χ3n) is 9.80. The van der Waals surface area contributed by atoms with Gasteiger partial charge in [0.15, 0.2) is 0 Å². The number of fused-ring (bicyclic) bond motifs is 3. The molecule has 3 aliphatic carbocycles. The Bertz CT molecular complexity index is 1370. The van der Waals surface area contributed by atoms with Gasteiger partial charge in [0.05, 0.1) is 0 Å². The molecule has 2 fully saturated rings. The summed E-state index contributed by atoms with van der Waals surface area (Å²) in [4.78, 5) is 50.4. The number of aliphatic hydroxyl groups excluding tert-OH is 1. The normalized spacial score (nSPS) is 33.0. The van der Waals surface area contributed by atoms with Gasteiger partial charge >= 0.3 is 23.9 Å². The molecule has 9 nitrogen and oxygen atoms in total. The number of rotatable bonds is 6. The van der Waals surface area contributed by atoms with Crippen molar-refractivity contribution in [3.63, 3.8) is 0 Å². The van der Waals surface area contributed by atoms with Gasteiger partial charge < -0.3 is 24.1 Å². The van der Waals surface area contributed by atoms with E-state index in [4.69, 9.17) is 18.9 Å². The van der Waals surface area contributed by atoms with Crippen LogP contribution in [0.5, 0.6) is 0 Å². The molecule has 8 atom stereocenters. The second-order valence-electron chi connectivity index (χ2n) is 13.1. The van der Waals surface area contributed by atoms with Crippen LogP contribution in [-0.4, -0.2) is 59.5 Å². The summed E-state index contributed by atoms with van der Waals surface area (Å²) >= 11 is 0. The molecule has 0 aliphatic heterocycles. The lowest BCUT2D eigenvalue weighted by atomic mass is 9.49. The summed E-state index contributed by atoms with van der Waals surface area (Å²) in [5.41, 5.74) is 0.885. The minimum absolute atomic E-state index is 0.328. The largest absolute Gasteiger partial charge is 0.462 e. The zero-order valence-corrected chi connectivity index (χ0v) is 26.6. The maximum absolute atomic E-state index is 13.0. The van der Waals surface area contributed by atoms with Gasteiger partial charge in [-0.15, -0.1) is 0 Å². The van der Waals surface area contributed by atoms with Crippen molar-refractivity contribution in [1.29, 1.82) is 0 Å². The quantitative estimate of drug-likeness (QED) is 0.203. The molecule has 1 aromatic rings. The van der Waals surface area contributed by atoms with Gasteiger partial charge in [-0.1, -0.05) is 57.7 Å². The summed E-state index contributed by atoms with van der Waals surface area (Å²) in [5, 5.41) is 12.1. The topological polar surface area (TPSA) is 125 Å². The number of carbonyl (C=O) groups is 4. The number of benzene rings is 1. The van der Waals surface area contributed by atoms with Crippen molar-refractivity contribution in [3.05, 3.63) is 65.3 Å². The van der Waals surface area contributed by atoms with E-state index >= 15 is 0 Å². The van der Waals surface area contributed by atoms with Crippen LogP contribution in [0.1, 0.15) is 73.3 Å². The average molecular weight is 609 g/mol. The first-order valence-corrected chi connectivity index (χ1v) is 15.1. The van der Waals surface area contributed by atoms with Crippen molar-refractivity contribution in [2.24, 2.45) is 22.7 Å².